The Balaban J connectivity index is 1.68. The van der Waals surface area contributed by atoms with Crippen molar-refractivity contribution in [2.75, 3.05) is 18.8 Å². The van der Waals surface area contributed by atoms with Crippen LogP contribution in [0.15, 0.2) is 39.8 Å². The molecule has 2 heterocycles. The van der Waals surface area contributed by atoms with Crippen LogP contribution < -0.4 is 0 Å². The smallest absolute Gasteiger partial charge is 0.229 e. The molecule has 6 nitrogen and oxygen atoms in total. The maximum absolute atomic E-state index is 12.4. The van der Waals surface area contributed by atoms with E-state index in [4.69, 9.17) is 4.52 Å². The Morgan fingerprint density at radius 3 is 2.71 bits per heavy atom. The Bertz CT molecular complexity index is 771. The molecule has 2 aromatic rings. The summed E-state index contributed by atoms with van der Waals surface area (Å²) in [7, 11) is -3.27. The molecule has 1 aromatic carbocycles. The number of hydrogen-bond acceptors (Lipinski definition) is 6. The molecule has 1 aliphatic rings. The summed E-state index contributed by atoms with van der Waals surface area (Å²) in [4.78, 5) is 7.00. The zero-order valence-corrected chi connectivity index (χ0v) is 14.9. The number of benzene rings is 1. The second kappa shape index (κ2) is 7.03. The van der Waals surface area contributed by atoms with Crippen LogP contribution >= 0.6 is 0 Å². The molecule has 3 rings (SSSR count). The van der Waals surface area contributed by atoms with Crippen LogP contribution in [0.25, 0.3) is 0 Å². The molecule has 0 radical (unpaired) electrons. The molecule has 0 amide bonds. The second-order valence-corrected chi connectivity index (χ2v) is 8.58. The molecule has 0 spiro atoms. The van der Waals surface area contributed by atoms with E-state index in [-0.39, 0.29) is 17.7 Å². The molecule has 0 saturated carbocycles. The molecule has 1 unspecified atom stereocenters. The van der Waals surface area contributed by atoms with Crippen molar-refractivity contribution in [2.24, 2.45) is 0 Å². The van der Waals surface area contributed by atoms with Gasteiger partial charge in [-0.25, -0.2) is 8.42 Å². The van der Waals surface area contributed by atoms with E-state index in [1.54, 1.807) is 24.3 Å². The molecule has 1 fully saturated rings. The van der Waals surface area contributed by atoms with Gasteiger partial charge in [0.15, 0.2) is 15.7 Å². The van der Waals surface area contributed by atoms with E-state index in [2.05, 4.69) is 15.0 Å². The lowest BCUT2D eigenvalue weighted by molar-refractivity contribution is 0.255. The third kappa shape index (κ3) is 3.67. The quantitative estimate of drug-likeness (QED) is 0.798. The standard InChI is InChI=1S/C17H23N3O3S/c1-13(2)17-18-16(19-23-17)15-9-6-10-20(15)11-12-24(21,22)14-7-4-3-5-8-14/h3-5,7-8,13,15H,6,9-12H2,1-2H3. The van der Waals surface area contributed by atoms with Gasteiger partial charge in [0.2, 0.25) is 5.89 Å². The highest BCUT2D eigenvalue weighted by Crippen LogP contribution is 2.30. The van der Waals surface area contributed by atoms with Gasteiger partial charge in [0.1, 0.15) is 0 Å². The third-order valence-corrected chi connectivity index (χ3v) is 6.07. The molecule has 1 atom stereocenters. The monoisotopic (exact) mass is 349 g/mol. The van der Waals surface area contributed by atoms with Crippen molar-refractivity contribution in [1.29, 1.82) is 0 Å². The maximum atomic E-state index is 12.4. The highest BCUT2D eigenvalue weighted by atomic mass is 32.2. The summed E-state index contributed by atoms with van der Waals surface area (Å²) in [6.07, 6.45) is 1.95. The Morgan fingerprint density at radius 2 is 2.04 bits per heavy atom. The SMILES string of the molecule is CC(C)c1nc(C2CCCN2CCS(=O)(=O)c2ccccc2)no1. The van der Waals surface area contributed by atoms with E-state index in [9.17, 15) is 8.42 Å². The van der Waals surface area contributed by atoms with Crippen molar-refractivity contribution in [3.63, 3.8) is 0 Å². The summed E-state index contributed by atoms with van der Waals surface area (Å²) < 4.78 is 30.2. The fourth-order valence-electron chi connectivity index (χ4n) is 2.99. The molecule has 1 aromatic heterocycles. The maximum Gasteiger partial charge on any atom is 0.229 e. The second-order valence-electron chi connectivity index (χ2n) is 6.47. The zero-order chi connectivity index (χ0) is 17.2. The average Bonchev–Trinajstić information content (AvgIpc) is 3.22. The summed E-state index contributed by atoms with van der Waals surface area (Å²) in [6, 6.07) is 8.65. The molecular weight excluding hydrogens is 326 g/mol. The average molecular weight is 349 g/mol. The number of rotatable bonds is 6. The summed E-state index contributed by atoms with van der Waals surface area (Å²) in [5.74, 6) is 1.60. The molecule has 0 bridgehead atoms. The normalized spacial score (nSPS) is 19.2. The number of hydrogen-bond donors (Lipinski definition) is 0. The molecule has 1 saturated heterocycles. The van der Waals surface area contributed by atoms with Crippen LogP contribution in [0.1, 0.15) is 50.4 Å². The highest BCUT2D eigenvalue weighted by molar-refractivity contribution is 7.91. The minimum absolute atomic E-state index is 0.0484. The van der Waals surface area contributed by atoms with Gasteiger partial charge < -0.3 is 4.52 Å². The van der Waals surface area contributed by atoms with Crippen molar-refractivity contribution in [3.8, 4) is 0 Å². The van der Waals surface area contributed by atoms with E-state index >= 15 is 0 Å². The van der Waals surface area contributed by atoms with Crippen LogP contribution in [0.3, 0.4) is 0 Å². The van der Waals surface area contributed by atoms with Gasteiger partial charge in [-0.2, -0.15) is 4.98 Å². The lowest BCUT2D eigenvalue weighted by Gasteiger charge is -2.21. The van der Waals surface area contributed by atoms with Gasteiger partial charge in [0.25, 0.3) is 0 Å². The fraction of sp³-hybridized carbons (Fsp3) is 0.529. The summed E-state index contributed by atoms with van der Waals surface area (Å²) >= 11 is 0. The molecule has 130 valence electrons. The number of sulfone groups is 1. The van der Waals surface area contributed by atoms with E-state index < -0.39 is 9.84 Å². The largest absolute Gasteiger partial charge is 0.339 e. The number of aromatic nitrogens is 2. The van der Waals surface area contributed by atoms with Crippen LogP contribution in [0.4, 0.5) is 0 Å². The first kappa shape index (κ1) is 17.1. The Morgan fingerprint density at radius 1 is 1.29 bits per heavy atom. The zero-order valence-electron chi connectivity index (χ0n) is 14.1. The summed E-state index contributed by atoms with van der Waals surface area (Å²) in [5, 5.41) is 4.10. The van der Waals surface area contributed by atoms with E-state index in [0.29, 0.717) is 23.2 Å². The van der Waals surface area contributed by atoms with Gasteiger partial charge in [-0.15, -0.1) is 0 Å². The Labute approximate surface area is 142 Å². The van der Waals surface area contributed by atoms with Gasteiger partial charge >= 0.3 is 0 Å². The lowest BCUT2D eigenvalue weighted by atomic mass is 10.2. The molecule has 0 N–H and O–H groups in total. The third-order valence-electron chi connectivity index (χ3n) is 4.36. The van der Waals surface area contributed by atoms with Crippen LogP contribution in [-0.4, -0.2) is 42.3 Å². The van der Waals surface area contributed by atoms with Crippen LogP contribution in [0.2, 0.25) is 0 Å². The predicted octanol–water partition coefficient (Wildman–Crippen LogP) is 2.80. The Kier molecular flexibility index (Phi) is 5.01. The van der Waals surface area contributed by atoms with Gasteiger partial charge in [0.05, 0.1) is 16.7 Å². The molecule has 1 aliphatic heterocycles. The topological polar surface area (TPSA) is 76.3 Å². The van der Waals surface area contributed by atoms with Crippen molar-refractivity contribution >= 4 is 9.84 Å². The minimum atomic E-state index is -3.27. The first-order valence-electron chi connectivity index (χ1n) is 8.33. The number of likely N-dealkylation sites (tertiary alicyclic amines) is 1. The first-order valence-corrected chi connectivity index (χ1v) is 9.98. The Hall–Kier alpha value is -1.73. The van der Waals surface area contributed by atoms with Gasteiger partial charge in [-0.3, -0.25) is 4.90 Å². The van der Waals surface area contributed by atoms with Crippen LogP contribution in [-0.2, 0) is 9.84 Å². The van der Waals surface area contributed by atoms with E-state index in [1.807, 2.05) is 19.9 Å². The van der Waals surface area contributed by atoms with Crippen molar-refractivity contribution in [1.82, 2.24) is 15.0 Å². The predicted molar refractivity (Wildman–Crippen MR) is 90.4 cm³/mol. The minimum Gasteiger partial charge on any atom is -0.339 e. The molecule has 7 heteroatoms. The lowest BCUT2D eigenvalue weighted by Crippen LogP contribution is -2.29. The first-order chi connectivity index (χ1) is 11.5. The molecule has 24 heavy (non-hydrogen) atoms. The molecular formula is C17H23N3O3S. The van der Waals surface area contributed by atoms with E-state index in [0.717, 1.165) is 19.4 Å². The van der Waals surface area contributed by atoms with E-state index in [1.165, 1.54) is 0 Å². The van der Waals surface area contributed by atoms with Gasteiger partial charge in [0, 0.05) is 12.5 Å². The van der Waals surface area contributed by atoms with Crippen molar-refractivity contribution in [3.05, 3.63) is 42.0 Å². The van der Waals surface area contributed by atoms with Gasteiger partial charge in [-0.1, -0.05) is 37.2 Å². The highest BCUT2D eigenvalue weighted by Gasteiger charge is 2.31. The summed E-state index contributed by atoms with van der Waals surface area (Å²) in [6.45, 7) is 5.36. The van der Waals surface area contributed by atoms with Crippen LogP contribution in [0, 0.1) is 0 Å². The van der Waals surface area contributed by atoms with Crippen molar-refractivity contribution in [2.45, 2.75) is 43.5 Å². The van der Waals surface area contributed by atoms with Crippen molar-refractivity contribution < 1.29 is 12.9 Å². The van der Waals surface area contributed by atoms with Gasteiger partial charge in [-0.05, 0) is 31.5 Å². The summed E-state index contributed by atoms with van der Waals surface area (Å²) in [5.41, 5.74) is 0. The fourth-order valence-corrected chi connectivity index (χ4v) is 4.27. The number of nitrogens with zero attached hydrogens (tertiary/aromatic N) is 3. The molecule has 0 aliphatic carbocycles. The van der Waals surface area contributed by atoms with Crippen LogP contribution in [0.5, 0.6) is 0 Å².